The number of urea groups is 1. The minimum Gasteiger partial charge on any atom is -0.343 e. The van der Waals surface area contributed by atoms with Crippen LogP contribution in [0.3, 0.4) is 0 Å². The van der Waals surface area contributed by atoms with Crippen molar-refractivity contribution in [1.82, 2.24) is 30.2 Å². The molecule has 0 spiro atoms. The highest BCUT2D eigenvalue weighted by molar-refractivity contribution is 8.01. The largest absolute Gasteiger partial charge is 0.343 e. The lowest BCUT2D eigenvalue weighted by Gasteiger charge is -2.39. The molecule has 4 heterocycles. The number of fused-ring (bicyclic) bond motifs is 1. The Kier molecular flexibility index (Phi) is 6.73. The van der Waals surface area contributed by atoms with Crippen molar-refractivity contribution in [1.29, 1.82) is 0 Å². The molecular weight excluding hydrogens is 470 g/mol. The summed E-state index contributed by atoms with van der Waals surface area (Å²) in [7, 11) is 1.70. The number of nitrogens with zero attached hydrogens (tertiary/aromatic N) is 6. The molecule has 5 rings (SSSR count). The number of piperidine rings is 1. The maximum Gasteiger partial charge on any atom is 0.325 e. The number of hydrogen-bond acceptors (Lipinski definition) is 9. The zero-order valence-corrected chi connectivity index (χ0v) is 21.0. The first-order valence-corrected chi connectivity index (χ1v) is 13.4. The number of aryl methyl sites for hydroxylation is 1. The highest BCUT2D eigenvalue weighted by Gasteiger charge is 2.49. The fourth-order valence-electron chi connectivity index (χ4n) is 4.87. The number of thioether (sulfide) groups is 1. The van der Waals surface area contributed by atoms with Crippen molar-refractivity contribution in [3.63, 3.8) is 0 Å². The lowest BCUT2D eigenvalue weighted by molar-refractivity contribution is -0.127. The third-order valence-electron chi connectivity index (χ3n) is 6.67. The fourth-order valence-corrected chi connectivity index (χ4v) is 6.69. The van der Waals surface area contributed by atoms with Gasteiger partial charge in [-0.25, -0.2) is 9.79 Å². The van der Waals surface area contributed by atoms with Gasteiger partial charge in [-0.05, 0) is 37.7 Å². The van der Waals surface area contributed by atoms with Gasteiger partial charge in [0.05, 0.1) is 0 Å². The van der Waals surface area contributed by atoms with Crippen LogP contribution >= 0.6 is 23.1 Å². The first-order chi connectivity index (χ1) is 16.5. The molecule has 34 heavy (non-hydrogen) atoms. The van der Waals surface area contributed by atoms with E-state index < -0.39 is 18.2 Å². The molecule has 1 N–H and O–H groups in total. The van der Waals surface area contributed by atoms with Crippen molar-refractivity contribution in [3.05, 3.63) is 40.9 Å². The smallest absolute Gasteiger partial charge is 0.325 e. The van der Waals surface area contributed by atoms with Gasteiger partial charge in [-0.15, -0.1) is 10.2 Å². The SMILES string of the molecule is Cc1nnc(SCCN2C(N3CCC(Cc4ccccc4)CC3)=NC3C2C(=O)NC(=O)N3C)s1. The topological polar surface area (TPSA) is 94.0 Å². The van der Waals surface area contributed by atoms with Crippen LogP contribution < -0.4 is 5.32 Å². The van der Waals surface area contributed by atoms with Crippen LogP contribution in [0.4, 0.5) is 4.79 Å². The molecule has 0 radical (unpaired) electrons. The van der Waals surface area contributed by atoms with Crippen LogP contribution in [0, 0.1) is 12.8 Å². The normalized spacial score (nSPS) is 23.2. The number of imide groups is 1. The number of nitrogens with one attached hydrogen (secondary N) is 1. The molecule has 180 valence electrons. The third kappa shape index (κ3) is 4.76. The van der Waals surface area contributed by atoms with Crippen LogP contribution in [0.5, 0.6) is 0 Å². The molecule has 0 aliphatic carbocycles. The molecule has 1 aromatic heterocycles. The summed E-state index contributed by atoms with van der Waals surface area (Å²) in [5.74, 6) is 1.95. The molecule has 2 atom stereocenters. The second-order valence-corrected chi connectivity index (χ2v) is 11.5. The number of rotatable bonds is 6. The maximum atomic E-state index is 12.8. The van der Waals surface area contributed by atoms with Crippen LogP contribution in [0.1, 0.15) is 23.4 Å². The molecule has 3 aliphatic rings. The Morgan fingerprint density at radius 2 is 1.91 bits per heavy atom. The maximum absolute atomic E-state index is 12.8. The number of aromatic nitrogens is 2. The average molecular weight is 500 g/mol. The molecule has 2 fully saturated rings. The first kappa shape index (κ1) is 23.1. The summed E-state index contributed by atoms with van der Waals surface area (Å²) in [4.78, 5) is 35.9. The Balaban J connectivity index is 1.28. The van der Waals surface area contributed by atoms with Crippen molar-refractivity contribution < 1.29 is 9.59 Å². The standard InChI is InChI=1S/C23H29N7O2S2/c1-15-26-27-23(34-15)33-13-12-30-18-19(28(2)22(32)25-20(18)31)24-21(30)29-10-8-17(9-11-29)14-16-6-4-3-5-7-16/h3-7,17-19H,8-14H2,1-2H3,(H,25,31,32). The fraction of sp³-hybridized carbons (Fsp3) is 0.522. The number of amides is 3. The minimum absolute atomic E-state index is 0.275. The molecule has 3 aliphatic heterocycles. The summed E-state index contributed by atoms with van der Waals surface area (Å²) in [5, 5.41) is 11.7. The Morgan fingerprint density at radius 3 is 2.62 bits per heavy atom. The van der Waals surface area contributed by atoms with Gasteiger partial charge in [0.1, 0.15) is 5.01 Å². The lowest BCUT2D eigenvalue weighted by atomic mass is 9.90. The van der Waals surface area contributed by atoms with Gasteiger partial charge in [0, 0.05) is 32.4 Å². The first-order valence-electron chi connectivity index (χ1n) is 11.6. The Bertz CT molecular complexity index is 1070. The van der Waals surface area contributed by atoms with E-state index in [0.29, 0.717) is 12.5 Å². The summed E-state index contributed by atoms with van der Waals surface area (Å²) in [6, 6.07) is 9.75. The van der Waals surface area contributed by atoms with Crippen LogP contribution in [-0.2, 0) is 11.2 Å². The van der Waals surface area contributed by atoms with E-state index in [4.69, 9.17) is 4.99 Å². The van der Waals surface area contributed by atoms with Gasteiger partial charge in [0.15, 0.2) is 22.5 Å². The molecule has 2 saturated heterocycles. The molecule has 11 heteroatoms. The molecule has 9 nitrogen and oxygen atoms in total. The highest BCUT2D eigenvalue weighted by Crippen LogP contribution is 2.30. The molecule has 0 bridgehead atoms. The molecule has 2 unspecified atom stereocenters. The van der Waals surface area contributed by atoms with E-state index in [1.165, 1.54) is 10.5 Å². The van der Waals surface area contributed by atoms with Crippen LogP contribution in [-0.4, -0.2) is 87.4 Å². The number of likely N-dealkylation sites (N-methyl/N-ethyl adjacent to an activating group) is 1. The number of benzene rings is 1. The second-order valence-electron chi connectivity index (χ2n) is 8.94. The monoisotopic (exact) mass is 499 g/mol. The summed E-state index contributed by atoms with van der Waals surface area (Å²) >= 11 is 3.21. The van der Waals surface area contributed by atoms with E-state index in [1.54, 1.807) is 30.1 Å². The number of likely N-dealkylation sites (tertiary alicyclic amines) is 1. The summed E-state index contributed by atoms with van der Waals surface area (Å²) in [6.45, 7) is 4.38. The van der Waals surface area contributed by atoms with Crippen molar-refractivity contribution >= 4 is 41.0 Å². The van der Waals surface area contributed by atoms with Gasteiger partial charge in [-0.3, -0.25) is 10.1 Å². The predicted molar refractivity (Wildman–Crippen MR) is 133 cm³/mol. The third-order valence-corrected chi connectivity index (χ3v) is 8.62. The average Bonchev–Trinajstić information content (AvgIpc) is 3.43. The van der Waals surface area contributed by atoms with E-state index in [1.807, 2.05) is 6.92 Å². The molecule has 1 aromatic carbocycles. The van der Waals surface area contributed by atoms with Gasteiger partial charge in [0.2, 0.25) is 0 Å². The number of aliphatic imine (C=N–C) groups is 1. The van der Waals surface area contributed by atoms with Gasteiger partial charge in [-0.1, -0.05) is 53.4 Å². The van der Waals surface area contributed by atoms with E-state index in [9.17, 15) is 9.59 Å². The zero-order chi connectivity index (χ0) is 23.7. The van der Waals surface area contributed by atoms with Crippen molar-refractivity contribution in [3.8, 4) is 0 Å². The molecular formula is C23H29N7O2S2. The summed E-state index contributed by atoms with van der Waals surface area (Å²) in [5.41, 5.74) is 1.38. The lowest BCUT2D eigenvalue weighted by Crippen LogP contribution is -2.64. The number of carbonyl (C=O) groups is 2. The van der Waals surface area contributed by atoms with E-state index in [-0.39, 0.29) is 5.91 Å². The number of carbonyl (C=O) groups excluding carboxylic acids is 2. The quantitative estimate of drug-likeness (QED) is 0.610. The minimum atomic E-state index is -0.503. The van der Waals surface area contributed by atoms with Gasteiger partial charge < -0.3 is 14.7 Å². The summed E-state index contributed by atoms with van der Waals surface area (Å²) < 4.78 is 0.925. The zero-order valence-electron chi connectivity index (χ0n) is 19.4. The Labute approximate surface area is 207 Å². The summed E-state index contributed by atoms with van der Waals surface area (Å²) in [6.07, 6.45) is 2.76. The Hall–Kier alpha value is -2.66. The number of guanidine groups is 1. The van der Waals surface area contributed by atoms with Crippen LogP contribution in [0.15, 0.2) is 39.7 Å². The van der Waals surface area contributed by atoms with Gasteiger partial charge >= 0.3 is 6.03 Å². The van der Waals surface area contributed by atoms with Crippen LogP contribution in [0.2, 0.25) is 0 Å². The number of hydrogen-bond donors (Lipinski definition) is 1. The Morgan fingerprint density at radius 1 is 1.15 bits per heavy atom. The van der Waals surface area contributed by atoms with E-state index in [0.717, 1.165) is 53.4 Å². The van der Waals surface area contributed by atoms with Crippen molar-refractivity contribution in [2.45, 2.75) is 42.7 Å². The highest BCUT2D eigenvalue weighted by atomic mass is 32.2. The van der Waals surface area contributed by atoms with E-state index in [2.05, 4.69) is 55.6 Å². The van der Waals surface area contributed by atoms with Gasteiger partial charge in [-0.2, -0.15) is 0 Å². The molecule has 2 aromatic rings. The van der Waals surface area contributed by atoms with Crippen LogP contribution in [0.25, 0.3) is 0 Å². The van der Waals surface area contributed by atoms with E-state index >= 15 is 0 Å². The second kappa shape index (κ2) is 9.91. The van der Waals surface area contributed by atoms with Gasteiger partial charge in [0.25, 0.3) is 5.91 Å². The van der Waals surface area contributed by atoms with Crippen molar-refractivity contribution in [2.75, 3.05) is 32.4 Å². The molecule has 0 saturated carbocycles. The van der Waals surface area contributed by atoms with Crippen molar-refractivity contribution in [2.24, 2.45) is 10.9 Å². The predicted octanol–water partition coefficient (Wildman–Crippen LogP) is 2.44. The molecule has 3 amide bonds.